The van der Waals surface area contributed by atoms with Crippen LogP contribution in [0.1, 0.15) is 24.2 Å². The molecular weight excluding hydrogens is 238 g/mol. The van der Waals surface area contributed by atoms with E-state index in [1.807, 2.05) is 25.1 Å². The summed E-state index contributed by atoms with van der Waals surface area (Å²) in [6.45, 7) is 2.12. The van der Waals surface area contributed by atoms with Crippen molar-refractivity contribution >= 4 is 0 Å². The largest absolute Gasteiger partial charge is 0.395 e. The quantitative estimate of drug-likeness (QED) is 0.827. The van der Waals surface area contributed by atoms with Crippen molar-refractivity contribution < 1.29 is 5.11 Å². The number of benzene rings is 1. The Kier molecular flexibility index (Phi) is 5.01. The molecule has 0 saturated heterocycles. The molecule has 2 aromatic rings. The van der Waals surface area contributed by atoms with E-state index in [4.69, 9.17) is 0 Å². The van der Waals surface area contributed by atoms with Crippen molar-refractivity contribution in [3.63, 3.8) is 0 Å². The molecule has 0 spiro atoms. The Hall–Kier alpha value is -1.78. The van der Waals surface area contributed by atoms with Gasteiger partial charge in [0, 0.05) is 30.7 Å². The smallest absolute Gasteiger partial charge is 0.0753 e. The van der Waals surface area contributed by atoms with E-state index in [0.717, 1.165) is 12.1 Å². The minimum absolute atomic E-state index is 0.0133. The summed E-state index contributed by atoms with van der Waals surface area (Å²) in [6.07, 6.45) is 5.87. The molecule has 2 rings (SSSR count). The second kappa shape index (κ2) is 6.97. The van der Waals surface area contributed by atoms with Crippen LogP contribution in [0.5, 0.6) is 0 Å². The highest BCUT2D eigenvalue weighted by atomic mass is 16.3. The third-order valence-corrected chi connectivity index (χ3v) is 3.06. The summed E-state index contributed by atoms with van der Waals surface area (Å²) in [5.74, 6) is 0. The van der Waals surface area contributed by atoms with Gasteiger partial charge in [-0.3, -0.25) is 9.97 Å². The van der Waals surface area contributed by atoms with E-state index in [0.29, 0.717) is 0 Å². The Morgan fingerprint density at radius 2 is 2.00 bits per heavy atom. The average Bonchev–Trinajstić information content (AvgIpc) is 2.48. The lowest BCUT2D eigenvalue weighted by Crippen LogP contribution is -2.36. The van der Waals surface area contributed by atoms with Crippen LogP contribution in [0.4, 0.5) is 0 Å². The third kappa shape index (κ3) is 4.12. The molecule has 1 aromatic heterocycles. The Bertz CT molecular complexity index is 475. The number of hydrogen-bond donors (Lipinski definition) is 2. The first kappa shape index (κ1) is 13.6. The minimum Gasteiger partial charge on any atom is -0.395 e. The molecule has 0 aliphatic heterocycles. The fourth-order valence-corrected chi connectivity index (χ4v) is 2.05. The van der Waals surface area contributed by atoms with Crippen molar-refractivity contribution in [1.29, 1.82) is 0 Å². The summed E-state index contributed by atoms with van der Waals surface area (Å²) in [4.78, 5) is 8.32. The maximum Gasteiger partial charge on any atom is 0.0753 e. The van der Waals surface area contributed by atoms with Gasteiger partial charge in [-0.15, -0.1) is 0 Å². The normalized spacial score (nSPS) is 14.0. The highest BCUT2D eigenvalue weighted by Gasteiger charge is 2.14. The lowest BCUT2D eigenvalue weighted by Gasteiger charge is -2.21. The lowest BCUT2D eigenvalue weighted by atomic mass is 10.1. The Balaban J connectivity index is 1.96. The molecule has 0 aliphatic carbocycles. The first-order valence-electron chi connectivity index (χ1n) is 6.46. The van der Waals surface area contributed by atoms with Gasteiger partial charge in [-0.25, -0.2) is 0 Å². The average molecular weight is 257 g/mol. The van der Waals surface area contributed by atoms with E-state index in [2.05, 4.69) is 27.4 Å². The van der Waals surface area contributed by atoms with Gasteiger partial charge in [-0.05, 0) is 18.9 Å². The molecule has 4 nitrogen and oxygen atoms in total. The molecule has 1 aromatic carbocycles. The molecule has 0 saturated carbocycles. The Morgan fingerprint density at radius 3 is 2.63 bits per heavy atom. The van der Waals surface area contributed by atoms with E-state index in [1.54, 1.807) is 18.6 Å². The molecule has 2 unspecified atom stereocenters. The lowest BCUT2D eigenvalue weighted by molar-refractivity contribution is 0.232. The second-order valence-electron chi connectivity index (χ2n) is 4.59. The van der Waals surface area contributed by atoms with Gasteiger partial charge in [0.15, 0.2) is 0 Å². The SMILES string of the molecule is CC(NC(CO)Cc1ccccc1)c1cnccn1. The molecule has 1 heterocycles. The fraction of sp³-hybridized carbons (Fsp3) is 0.333. The summed E-state index contributed by atoms with van der Waals surface area (Å²) in [7, 11) is 0. The van der Waals surface area contributed by atoms with Gasteiger partial charge in [0.1, 0.15) is 0 Å². The summed E-state index contributed by atoms with van der Waals surface area (Å²) < 4.78 is 0. The van der Waals surface area contributed by atoms with E-state index in [-0.39, 0.29) is 18.7 Å². The highest BCUT2D eigenvalue weighted by Crippen LogP contribution is 2.10. The van der Waals surface area contributed by atoms with Gasteiger partial charge < -0.3 is 10.4 Å². The number of aliphatic hydroxyl groups is 1. The molecule has 100 valence electrons. The van der Waals surface area contributed by atoms with Gasteiger partial charge in [0.05, 0.1) is 12.3 Å². The predicted octanol–water partition coefficient (Wildman–Crippen LogP) is 1.73. The van der Waals surface area contributed by atoms with Crippen LogP contribution < -0.4 is 5.32 Å². The molecule has 0 bridgehead atoms. The Morgan fingerprint density at radius 1 is 1.21 bits per heavy atom. The molecule has 0 fully saturated rings. The summed E-state index contributed by atoms with van der Waals surface area (Å²) >= 11 is 0. The van der Waals surface area contributed by atoms with Crippen LogP contribution in [-0.2, 0) is 6.42 Å². The predicted molar refractivity (Wildman–Crippen MR) is 74.6 cm³/mol. The fourth-order valence-electron chi connectivity index (χ4n) is 2.05. The number of nitrogens with one attached hydrogen (secondary N) is 1. The number of aliphatic hydroxyl groups excluding tert-OH is 1. The third-order valence-electron chi connectivity index (χ3n) is 3.06. The van der Waals surface area contributed by atoms with E-state index < -0.39 is 0 Å². The van der Waals surface area contributed by atoms with Crippen molar-refractivity contribution in [2.24, 2.45) is 0 Å². The molecule has 0 aliphatic rings. The van der Waals surface area contributed by atoms with Crippen LogP contribution in [0.3, 0.4) is 0 Å². The molecule has 4 heteroatoms. The summed E-state index contributed by atoms with van der Waals surface area (Å²) in [6, 6.07) is 10.2. The monoisotopic (exact) mass is 257 g/mol. The first-order valence-corrected chi connectivity index (χ1v) is 6.46. The molecule has 2 atom stereocenters. The number of aromatic nitrogens is 2. The van der Waals surface area contributed by atoms with E-state index >= 15 is 0 Å². The zero-order valence-corrected chi connectivity index (χ0v) is 11.0. The minimum atomic E-state index is 0.0133. The van der Waals surface area contributed by atoms with Crippen LogP contribution in [-0.4, -0.2) is 27.7 Å². The van der Waals surface area contributed by atoms with Crippen LogP contribution in [0, 0.1) is 0 Å². The Labute approximate surface area is 113 Å². The van der Waals surface area contributed by atoms with Gasteiger partial charge in [-0.1, -0.05) is 30.3 Å². The maximum absolute atomic E-state index is 9.48. The van der Waals surface area contributed by atoms with Gasteiger partial charge in [-0.2, -0.15) is 0 Å². The zero-order chi connectivity index (χ0) is 13.5. The topological polar surface area (TPSA) is 58.0 Å². The molecule has 19 heavy (non-hydrogen) atoms. The molecular formula is C15H19N3O. The summed E-state index contributed by atoms with van der Waals surface area (Å²) in [5, 5.41) is 12.9. The maximum atomic E-state index is 9.48. The van der Waals surface area contributed by atoms with Crippen molar-refractivity contribution in [2.75, 3.05) is 6.61 Å². The summed E-state index contributed by atoms with van der Waals surface area (Å²) in [5.41, 5.74) is 2.09. The number of hydrogen-bond acceptors (Lipinski definition) is 4. The molecule has 2 N–H and O–H groups in total. The van der Waals surface area contributed by atoms with Crippen molar-refractivity contribution in [1.82, 2.24) is 15.3 Å². The van der Waals surface area contributed by atoms with Crippen molar-refractivity contribution in [2.45, 2.75) is 25.4 Å². The molecule has 0 radical (unpaired) electrons. The zero-order valence-electron chi connectivity index (χ0n) is 11.0. The second-order valence-corrected chi connectivity index (χ2v) is 4.59. The first-order chi connectivity index (χ1) is 9.29. The standard InChI is InChI=1S/C15H19N3O/c1-12(15-10-16-7-8-17-15)18-14(11-19)9-13-5-3-2-4-6-13/h2-8,10,12,14,18-19H,9,11H2,1H3. The van der Waals surface area contributed by atoms with Crippen LogP contribution in [0.25, 0.3) is 0 Å². The van der Waals surface area contributed by atoms with Crippen LogP contribution >= 0.6 is 0 Å². The van der Waals surface area contributed by atoms with Crippen LogP contribution in [0.15, 0.2) is 48.9 Å². The van der Waals surface area contributed by atoms with E-state index in [1.165, 1.54) is 5.56 Å². The van der Waals surface area contributed by atoms with Gasteiger partial charge >= 0.3 is 0 Å². The van der Waals surface area contributed by atoms with Gasteiger partial charge in [0.2, 0.25) is 0 Å². The van der Waals surface area contributed by atoms with E-state index in [9.17, 15) is 5.11 Å². The van der Waals surface area contributed by atoms with Crippen LogP contribution in [0.2, 0.25) is 0 Å². The molecule has 0 amide bonds. The number of nitrogens with zero attached hydrogens (tertiary/aromatic N) is 2. The highest BCUT2D eigenvalue weighted by molar-refractivity contribution is 5.16. The van der Waals surface area contributed by atoms with Crippen molar-refractivity contribution in [3.05, 3.63) is 60.2 Å². The van der Waals surface area contributed by atoms with Gasteiger partial charge in [0.25, 0.3) is 0 Å². The number of rotatable bonds is 6. The van der Waals surface area contributed by atoms with Crippen molar-refractivity contribution in [3.8, 4) is 0 Å².